The van der Waals surface area contributed by atoms with Crippen molar-refractivity contribution in [2.24, 2.45) is 0 Å². The second-order valence-electron chi connectivity index (χ2n) is 7.89. The van der Waals surface area contributed by atoms with E-state index in [2.05, 4.69) is 9.88 Å². The van der Waals surface area contributed by atoms with Crippen LogP contribution < -0.4 is 4.74 Å². The lowest BCUT2D eigenvalue weighted by Gasteiger charge is -2.39. The van der Waals surface area contributed by atoms with Crippen LogP contribution in [0.1, 0.15) is 28.4 Å². The third kappa shape index (κ3) is 5.36. The van der Waals surface area contributed by atoms with E-state index in [9.17, 15) is 22.4 Å². The largest absolute Gasteiger partial charge is 0.485 e. The van der Waals surface area contributed by atoms with Gasteiger partial charge in [0.05, 0.1) is 17.7 Å². The third-order valence-electron chi connectivity index (χ3n) is 5.41. The van der Waals surface area contributed by atoms with Crippen molar-refractivity contribution in [2.75, 3.05) is 19.7 Å². The minimum absolute atomic E-state index is 0.138. The second-order valence-corrected chi connectivity index (χ2v) is 7.89. The van der Waals surface area contributed by atoms with E-state index in [1.165, 1.54) is 24.3 Å². The molecule has 1 fully saturated rings. The summed E-state index contributed by atoms with van der Waals surface area (Å²) in [6.07, 6.45) is -2.92. The fraction of sp³-hybridized carbons (Fsp3) is 0.280. The molecule has 2 heterocycles. The first-order chi connectivity index (χ1) is 16.2. The lowest BCUT2D eigenvalue weighted by atomic mass is 10.1. The van der Waals surface area contributed by atoms with Crippen LogP contribution in [-0.4, -0.2) is 41.7 Å². The van der Waals surface area contributed by atoms with E-state index in [0.29, 0.717) is 36.6 Å². The van der Waals surface area contributed by atoms with Gasteiger partial charge in [-0.2, -0.15) is 13.2 Å². The van der Waals surface area contributed by atoms with Gasteiger partial charge in [-0.25, -0.2) is 9.18 Å². The second kappa shape index (κ2) is 9.80. The first-order valence-corrected chi connectivity index (χ1v) is 10.7. The van der Waals surface area contributed by atoms with E-state index in [4.69, 9.17) is 9.47 Å². The van der Waals surface area contributed by atoms with Gasteiger partial charge in [0.2, 0.25) is 0 Å². The van der Waals surface area contributed by atoms with Crippen LogP contribution in [0.3, 0.4) is 0 Å². The fourth-order valence-corrected chi connectivity index (χ4v) is 3.70. The maximum absolute atomic E-state index is 14.5. The molecule has 34 heavy (non-hydrogen) atoms. The predicted molar refractivity (Wildman–Crippen MR) is 117 cm³/mol. The number of hydrogen-bond acceptors (Lipinski definition) is 5. The summed E-state index contributed by atoms with van der Waals surface area (Å²) in [5, 5.41) is 0. The normalized spacial score (nSPS) is 14.5. The molecule has 9 heteroatoms. The average Bonchev–Trinajstić information content (AvgIpc) is 2.77. The molecule has 0 bridgehead atoms. The number of nitrogens with zero attached hydrogens (tertiary/aromatic N) is 2. The van der Waals surface area contributed by atoms with Gasteiger partial charge in [-0.05, 0) is 48.9 Å². The first-order valence-electron chi connectivity index (χ1n) is 10.7. The molecule has 1 aliphatic rings. The molecule has 0 atom stereocenters. The smallest absolute Gasteiger partial charge is 0.416 e. The number of ether oxygens (including phenoxy) is 2. The minimum Gasteiger partial charge on any atom is -0.485 e. The van der Waals surface area contributed by atoms with Gasteiger partial charge in [0.25, 0.3) is 0 Å². The number of likely N-dealkylation sites (tertiary alicyclic amines) is 1. The molecule has 0 amide bonds. The quantitative estimate of drug-likeness (QED) is 0.342. The molecule has 4 rings (SSSR count). The molecule has 0 unspecified atom stereocenters. The van der Waals surface area contributed by atoms with Crippen molar-refractivity contribution in [3.63, 3.8) is 0 Å². The number of carbonyl (C=O) groups excluding carboxylic acids is 1. The monoisotopic (exact) mass is 474 g/mol. The van der Waals surface area contributed by atoms with E-state index >= 15 is 0 Å². The highest BCUT2D eigenvalue weighted by atomic mass is 19.4. The summed E-state index contributed by atoms with van der Waals surface area (Å²) in [4.78, 5) is 18.2. The summed E-state index contributed by atoms with van der Waals surface area (Å²) in [5.41, 5.74) is 0.865. The molecule has 2 aromatic carbocycles. The standard InChI is InChI=1S/C25H22F4N2O3/c1-2-33-24(32)20-10-7-17(12-21(20)26)23-22(4-3-11-30-23)34-19-14-31(15-19)13-16-5-8-18(9-6-16)25(27,28)29/h3-12,19H,2,13-15H2,1H3. The summed E-state index contributed by atoms with van der Waals surface area (Å²) in [6, 6.07) is 12.7. The van der Waals surface area contributed by atoms with Gasteiger partial charge in [0, 0.05) is 31.4 Å². The Balaban J connectivity index is 1.38. The Kier molecular flexibility index (Phi) is 6.83. The number of esters is 1. The lowest BCUT2D eigenvalue weighted by Crippen LogP contribution is -2.53. The molecule has 178 valence electrons. The topological polar surface area (TPSA) is 51.7 Å². The molecule has 0 radical (unpaired) electrons. The van der Waals surface area contributed by atoms with Crippen molar-refractivity contribution in [1.82, 2.24) is 9.88 Å². The van der Waals surface area contributed by atoms with Crippen LogP contribution in [0.2, 0.25) is 0 Å². The van der Waals surface area contributed by atoms with Gasteiger partial charge < -0.3 is 9.47 Å². The average molecular weight is 474 g/mol. The first kappa shape index (κ1) is 23.7. The summed E-state index contributed by atoms with van der Waals surface area (Å²) >= 11 is 0. The van der Waals surface area contributed by atoms with Crippen molar-refractivity contribution in [3.8, 4) is 17.0 Å². The SMILES string of the molecule is CCOC(=O)c1ccc(-c2ncccc2OC2CN(Cc3ccc(C(F)(F)F)cc3)C2)cc1F. The molecular weight excluding hydrogens is 452 g/mol. The Morgan fingerprint density at radius 3 is 2.50 bits per heavy atom. The van der Waals surface area contributed by atoms with Crippen molar-refractivity contribution >= 4 is 5.97 Å². The number of carbonyl (C=O) groups is 1. The molecule has 5 nitrogen and oxygen atoms in total. The number of pyridine rings is 1. The number of rotatable bonds is 7. The van der Waals surface area contributed by atoms with E-state index in [1.807, 2.05) is 0 Å². The fourth-order valence-electron chi connectivity index (χ4n) is 3.70. The number of halogens is 4. The summed E-state index contributed by atoms with van der Waals surface area (Å²) < 4.78 is 63.5. The zero-order chi connectivity index (χ0) is 24.3. The predicted octanol–water partition coefficient (Wildman–Crippen LogP) is 5.35. The van der Waals surface area contributed by atoms with Crippen LogP contribution in [0.5, 0.6) is 5.75 Å². The molecule has 0 aliphatic carbocycles. The highest BCUT2D eigenvalue weighted by Crippen LogP contribution is 2.32. The maximum Gasteiger partial charge on any atom is 0.416 e. The van der Waals surface area contributed by atoms with Crippen molar-refractivity contribution in [1.29, 1.82) is 0 Å². The molecule has 1 aliphatic heterocycles. The van der Waals surface area contributed by atoms with Crippen LogP contribution in [0.4, 0.5) is 17.6 Å². The molecule has 0 N–H and O–H groups in total. The molecule has 1 aromatic heterocycles. The van der Waals surface area contributed by atoms with Crippen LogP contribution in [0.15, 0.2) is 60.8 Å². The molecule has 1 saturated heterocycles. The Hall–Kier alpha value is -3.46. The van der Waals surface area contributed by atoms with E-state index < -0.39 is 23.5 Å². The number of benzene rings is 2. The van der Waals surface area contributed by atoms with Crippen LogP contribution >= 0.6 is 0 Å². The maximum atomic E-state index is 14.5. The molecule has 0 saturated carbocycles. The zero-order valence-electron chi connectivity index (χ0n) is 18.3. The summed E-state index contributed by atoms with van der Waals surface area (Å²) in [6.45, 7) is 3.48. The summed E-state index contributed by atoms with van der Waals surface area (Å²) in [5.74, 6) is -0.962. The van der Waals surface area contributed by atoms with Crippen molar-refractivity contribution in [2.45, 2.75) is 25.7 Å². The van der Waals surface area contributed by atoms with Crippen LogP contribution in [-0.2, 0) is 17.5 Å². The number of alkyl halides is 3. The Morgan fingerprint density at radius 2 is 1.85 bits per heavy atom. The van der Waals surface area contributed by atoms with Gasteiger partial charge in [0.1, 0.15) is 23.4 Å². The Bertz CT molecular complexity index is 1160. The molecule has 0 spiro atoms. The summed E-state index contributed by atoms with van der Waals surface area (Å²) in [7, 11) is 0. The van der Waals surface area contributed by atoms with Crippen molar-refractivity contribution < 1.29 is 31.8 Å². The highest BCUT2D eigenvalue weighted by molar-refractivity contribution is 5.90. The van der Waals surface area contributed by atoms with E-state index in [0.717, 1.165) is 17.7 Å². The Labute approximate surface area is 193 Å². The van der Waals surface area contributed by atoms with Crippen LogP contribution in [0, 0.1) is 5.82 Å². The minimum atomic E-state index is -4.35. The zero-order valence-corrected chi connectivity index (χ0v) is 18.3. The number of aromatic nitrogens is 1. The van der Waals surface area contributed by atoms with Gasteiger partial charge >= 0.3 is 12.1 Å². The molecule has 3 aromatic rings. The third-order valence-corrected chi connectivity index (χ3v) is 5.41. The number of hydrogen-bond donors (Lipinski definition) is 0. The van der Waals surface area contributed by atoms with Crippen LogP contribution in [0.25, 0.3) is 11.3 Å². The molecular formula is C25H22F4N2O3. The van der Waals surface area contributed by atoms with E-state index in [-0.39, 0.29) is 18.3 Å². The van der Waals surface area contributed by atoms with Gasteiger partial charge in [0.15, 0.2) is 0 Å². The van der Waals surface area contributed by atoms with Gasteiger partial charge in [-0.1, -0.05) is 18.2 Å². The van der Waals surface area contributed by atoms with Gasteiger partial charge in [-0.15, -0.1) is 0 Å². The lowest BCUT2D eigenvalue weighted by molar-refractivity contribution is -0.137. The van der Waals surface area contributed by atoms with E-state index in [1.54, 1.807) is 31.3 Å². The van der Waals surface area contributed by atoms with Crippen molar-refractivity contribution in [3.05, 3.63) is 83.3 Å². The Morgan fingerprint density at radius 1 is 1.12 bits per heavy atom. The van der Waals surface area contributed by atoms with Gasteiger partial charge in [-0.3, -0.25) is 9.88 Å². The highest BCUT2D eigenvalue weighted by Gasteiger charge is 2.31.